The first kappa shape index (κ1) is 23.1. The molecule has 3 aromatic rings. The van der Waals surface area contributed by atoms with Gasteiger partial charge >= 0.3 is 18.9 Å². The van der Waals surface area contributed by atoms with Crippen LogP contribution in [0.15, 0.2) is 18.2 Å². The molecule has 0 aliphatic rings. The smallest absolute Gasteiger partial charge is 0.396 e. The van der Waals surface area contributed by atoms with Crippen molar-refractivity contribution < 1.29 is 33.8 Å². The van der Waals surface area contributed by atoms with Crippen molar-refractivity contribution in [3.63, 3.8) is 0 Å². The molecule has 0 aliphatic heterocycles. The summed E-state index contributed by atoms with van der Waals surface area (Å²) in [4.78, 5) is 9.15. The van der Waals surface area contributed by atoms with E-state index in [0.29, 0.717) is 42.4 Å². The summed E-state index contributed by atoms with van der Waals surface area (Å²) in [5, 5.41) is 20.5. The maximum absolute atomic E-state index is 9.80. The molecule has 0 fully saturated rings. The van der Waals surface area contributed by atoms with Crippen molar-refractivity contribution in [1.82, 2.24) is 14.5 Å². The van der Waals surface area contributed by atoms with Gasteiger partial charge in [-0.1, -0.05) is 24.6 Å². The SMILES string of the molecule is [CH2-]C#Cc1ccc2c(c1)nc(N)c1nc(COCC)n(CC(C)(CO)CO)c12.[Li+]. The van der Waals surface area contributed by atoms with Gasteiger partial charge in [-0.3, -0.25) is 11.8 Å². The van der Waals surface area contributed by atoms with E-state index in [-0.39, 0.29) is 32.1 Å². The fourth-order valence-electron chi connectivity index (χ4n) is 3.14. The van der Waals surface area contributed by atoms with Gasteiger partial charge in [-0.05, 0) is 13.0 Å². The van der Waals surface area contributed by atoms with Crippen molar-refractivity contribution in [1.29, 1.82) is 0 Å². The van der Waals surface area contributed by atoms with E-state index >= 15 is 0 Å². The van der Waals surface area contributed by atoms with Gasteiger partial charge < -0.3 is 25.3 Å². The minimum absolute atomic E-state index is 0. The summed E-state index contributed by atoms with van der Waals surface area (Å²) in [5.74, 6) is 6.54. The van der Waals surface area contributed by atoms with Crippen LogP contribution in [-0.2, 0) is 17.9 Å². The Labute approximate surface area is 182 Å². The molecule has 0 saturated carbocycles. The summed E-state index contributed by atoms with van der Waals surface area (Å²) in [5.41, 5.74) is 8.37. The topological polar surface area (TPSA) is 106 Å². The quantitative estimate of drug-likeness (QED) is 0.269. The van der Waals surface area contributed by atoms with Crippen LogP contribution in [0.1, 0.15) is 25.2 Å². The monoisotopic (exact) mass is 388 g/mol. The molecule has 0 saturated heterocycles. The molecule has 7 nitrogen and oxygen atoms in total. The van der Waals surface area contributed by atoms with Gasteiger partial charge in [0.25, 0.3) is 0 Å². The molecule has 4 N–H and O–H groups in total. The van der Waals surface area contributed by atoms with E-state index in [9.17, 15) is 10.2 Å². The van der Waals surface area contributed by atoms with Gasteiger partial charge in [0.05, 0.1) is 24.2 Å². The van der Waals surface area contributed by atoms with Crippen molar-refractivity contribution in [2.45, 2.75) is 27.0 Å². The van der Waals surface area contributed by atoms with Crippen LogP contribution in [0.2, 0.25) is 0 Å². The predicted molar refractivity (Wildman–Crippen MR) is 109 cm³/mol. The normalized spacial score (nSPS) is 11.3. The average molecular weight is 388 g/mol. The van der Waals surface area contributed by atoms with Crippen molar-refractivity contribution in [3.8, 4) is 11.8 Å². The number of nitrogens with zero attached hydrogens (tertiary/aromatic N) is 3. The molecule has 3 rings (SSSR count). The van der Waals surface area contributed by atoms with Crippen molar-refractivity contribution in [2.75, 3.05) is 25.6 Å². The number of aliphatic hydroxyl groups is 2. The van der Waals surface area contributed by atoms with E-state index in [1.54, 1.807) is 0 Å². The van der Waals surface area contributed by atoms with Crippen LogP contribution in [0.5, 0.6) is 0 Å². The largest absolute Gasteiger partial charge is 1.00 e. The number of nitrogens with two attached hydrogens (primary N) is 1. The van der Waals surface area contributed by atoms with E-state index in [4.69, 9.17) is 10.5 Å². The molecule has 1 aromatic carbocycles. The second-order valence-electron chi connectivity index (χ2n) is 7.11. The number of rotatable bonds is 7. The molecule has 0 amide bonds. The molecule has 0 unspecified atom stereocenters. The standard InChI is InChI=1S/C21H25N4O3.Li/c1-4-6-14-7-8-15-16(9-14)23-20(22)18-19(15)25(11-21(3,12-26)13-27)17(24-18)10-28-5-2;/h7-9,26-27H,1,5,10-13H2,2-3H3,(H2,22,23);/q-1;+1. The van der Waals surface area contributed by atoms with Crippen molar-refractivity contribution in [3.05, 3.63) is 36.5 Å². The molecule has 0 bridgehead atoms. The van der Waals surface area contributed by atoms with Crippen molar-refractivity contribution >= 4 is 27.8 Å². The fraction of sp³-hybridized carbons (Fsp3) is 0.381. The Morgan fingerprint density at radius 2 is 2.00 bits per heavy atom. The number of hydrogen-bond donors (Lipinski definition) is 3. The predicted octanol–water partition coefficient (Wildman–Crippen LogP) is -1.12. The van der Waals surface area contributed by atoms with Crippen LogP contribution in [0.3, 0.4) is 0 Å². The molecular weight excluding hydrogens is 363 g/mol. The molecular formula is C21H25LiN4O3. The Morgan fingerprint density at radius 3 is 2.62 bits per heavy atom. The summed E-state index contributed by atoms with van der Waals surface area (Å²) in [6.07, 6.45) is 0. The number of benzene rings is 1. The van der Waals surface area contributed by atoms with Gasteiger partial charge in [0.15, 0.2) is 5.82 Å². The van der Waals surface area contributed by atoms with Crippen LogP contribution in [0, 0.1) is 24.2 Å². The van der Waals surface area contributed by atoms with Gasteiger partial charge in [-0.15, -0.1) is 0 Å². The molecule has 2 heterocycles. The molecule has 2 aromatic heterocycles. The number of fused-ring (bicyclic) bond motifs is 3. The fourth-order valence-corrected chi connectivity index (χ4v) is 3.14. The molecule has 0 atom stereocenters. The zero-order chi connectivity index (χ0) is 20.3. The molecule has 8 heteroatoms. The second-order valence-corrected chi connectivity index (χ2v) is 7.11. The number of hydrogen-bond acceptors (Lipinski definition) is 6. The first-order valence-corrected chi connectivity index (χ1v) is 9.12. The maximum Gasteiger partial charge on any atom is 1.00 e. The molecule has 0 aliphatic carbocycles. The Bertz CT molecular complexity index is 1060. The minimum atomic E-state index is -0.724. The minimum Gasteiger partial charge on any atom is -0.396 e. The molecule has 0 radical (unpaired) electrons. The number of anilines is 1. The third kappa shape index (κ3) is 4.53. The van der Waals surface area contributed by atoms with Gasteiger partial charge in [0, 0.05) is 24.0 Å². The van der Waals surface area contributed by atoms with Crippen LogP contribution >= 0.6 is 0 Å². The average Bonchev–Trinajstić information content (AvgIpc) is 3.05. The van der Waals surface area contributed by atoms with Crippen molar-refractivity contribution in [2.24, 2.45) is 5.41 Å². The van der Waals surface area contributed by atoms with Crippen LogP contribution in [0.25, 0.3) is 21.9 Å². The van der Waals surface area contributed by atoms with Gasteiger partial charge in [-0.25, -0.2) is 9.97 Å². The first-order chi connectivity index (χ1) is 13.5. The van der Waals surface area contributed by atoms with Gasteiger partial charge in [0.2, 0.25) is 0 Å². The summed E-state index contributed by atoms with van der Waals surface area (Å²) in [6, 6.07) is 5.69. The summed E-state index contributed by atoms with van der Waals surface area (Å²) >= 11 is 0. The third-order valence-corrected chi connectivity index (χ3v) is 4.75. The first-order valence-electron chi connectivity index (χ1n) is 9.12. The summed E-state index contributed by atoms with van der Waals surface area (Å²) < 4.78 is 7.54. The number of nitrogen functional groups attached to an aromatic ring is 1. The second kappa shape index (κ2) is 9.54. The van der Waals surface area contributed by atoms with E-state index in [1.165, 1.54) is 0 Å². The molecule has 29 heavy (non-hydrogen) atoms. The van der Waals surface area contributed by atoms with E-state index < -0.39 is 5.41 Å². The summed E-state index contributed by atoms with van der Waals surface area (Å²) in [6.45, 7) is 8.14. The number of ether oxygens (including phenoxy) is 1. The zero-order valence-electron chi connectivity index (χ0n) is 17.2. The third-order valence-electron chi connectivity index (χ3n) is 4.75. The zero-order valence-corrected chi connectivity index (χ0v) is 17.2. The molecule has 148 valence electrons. The Morgan fingerprint density at radius 1 is 1.28 bits per heavy atom. The van der Waals surface area contributed by atoms with Gasteiger partial charge in [0.1, 0.15) is 17.9 Å². The Kier molecular flexibility index (Phi) is 7.59. The van der Waals surface area contributed by atoms with E-state index in [0.717, 1.165) is 16.5 Å². The van der Waals surface area contributed by atoms with E-state index in [1.807, 2.05) is 36.6 Å². The Hall–Kier alpha value is -2.19. The number of aliphatic hydroxyl groups excluding tert-OH is 2. The maximum atomic E-state index is 9.80. The number of aromatic nitrogens is 3. The van der Waals surface area contributed by atoms with Crippen LogP contribution < -0.4 is 24.6 Å². The van der Waals surface area contributed by atoms with Crippen LogP contribution in [-0.4, -0.2) is 44.6 Å². The summed E-state index contributed by atoms with van der Waals surface area (Å²) in [7, 11) is 0. The van der Waals surface area contributed by atoms with Gasteiger partial charge in [-0.2, -0.15) is 6.92 Å². The van der Waals surface area contributed by atoms with E-state index in [2.05, 4.69) is 28.7 Å². The number of imidazole rings is 1. The molecule has 0 spiro atoms. The number of pyridine rings is 1. The Balaban J connectivity index is 0.00000300. The van der Waals surface area contributed by atoms with Crippen LogP contribution in [0.4, 0.5) is 5.82 Å².